The third-order valence-corrected chi connectivity index (χ3v) is 6.79. The van der Waals surface area contributed by atoms with Crippen molar-refractivity contribution in [3.05, 3.63) is 34.7 Å². The van der Waals surface area contributed by atoms with Crippen LogP contribution in [0.5, 0.6) is 0 Å². The Kier molecular flexibility index (Phi) is 5.22. The van der Waals surface area contributed by atoms with E-state index in [9.17, 15) is 18.0 Å². The molecule has 7 nitrogen and oxygen atoms in total. The maximum atomic E-state index is 12.8. The number of fused-ring (bicyclic) bond motifs is 1. The van der Waals surface area contributed by atoms with Crippen molar-refractivity contribution in [2.75, 3.05) is 18.1 Å². The molecule has 0 spiro atoms. The van der Waals surface area contributed by atoms with Crippen molar-refractivity contribution in [2.45, 2.75) is 38.8 Å². The maximum absolute atomic E-state index is 12.8. The van der Waals surface area contributed by atoms with Crippen molar-refractivity contribution in [1.29, 1.82) is 0 Å². The van der Waals surface area contributed by atoms with Crippen molar-refractivity contribution < 1.29 is 13.2 Å². The predicted molar refractivity (Wildman–Crippen MR) is 101 cm³/mol. The van der Waals surface area contributed by atoms with Crippen LogP contribution < -0.4 is 5.69 Å². The minimum absolute atomic E-state index is 0.0486. The minimum atomic E-state index is -3.04. The molecule has 1 atom stereocenters. The van der Waals surface area contributed by atoms with Crippen LogP contribution in [0.2, 0.25) is 0 Å². The molecule has 3 rings (SSSR count). The number of benzene rings is 1. The van der Waals surface area contributed by atoms with E-state index in [0.717, 1.165) is 17.5 Å². The van der Waals surface area contributed by atoms with Gasteiger partial charge in [-0.05, 0) is 25.0 Å². The Labute approximate surface area is 153 Å². The van der Waals surface area contributed by atoms with E-state index in [-0.39, 0.29) is 35.6 Å². The standard InChI is InChI=1S/C18H25N3O4S/c1-3-10-20(14-9-12-26(24,25)13-14)17(22)8-11-21-16-7-5-4-6-15(16)19(2)18(21)23/h4-7,14H,3,8-13H2,1-2H3/t14-/m0/s1. The summed E-state index contributed by atoms with van der Waals surface area (Å²) in [7, 11) is -1.33. The van der Waals surface area contributed by atoms with Gasteiger partial charge in [0, 0.05) is 32.6 Å². The van der Waals surface area contributed by atoms with Gasteiger partial charge in [-0.15, -0.1) is 0 Å². The molecule has 2 heterocycles. The molecular formula is C18H25N3O4S. The number of carbonyl (C=O) groups excluding carboxylic acids is 1. The zero-order valence-corrected chi connectivity index (χ0v) is 16.0. The van der Waals surface area contributed by atoms with Crippen LogP contribution >= 0.6 is 0 Å². The number of rotatable bonds is 6. The van der Waals surface area contributed by atoms with Crippen molar-refractivity contribution in [1.82, 2.24) is 14.0 Å². The molecule has 142 valence electrons. The van der Waals surface area contributed by atoms with Gasteiger partial charge in [-0.2, -0.15) is 0 Å². The van der Waals surface area contributed by atoms with E-state index in [1.54, 1.807) is 21.1 Å². The van der Waals surface area contributed by atoms with E-state index < -0.39 is 9.84 Å². The Hall–Kier alpha value is -2.09. The van der Waals surface area contributed by atoms with Gasteiger partial charge in [-0.1, -0.05) is 19.1 Å². The van der Waals surface area contributed by atoms with E-state index in [0.29, 0.717) is 19.5 Å². The third-order valence-electron chi connectivity index (χ3n) is 5.04. The van der Waals surface area contributed by atoms with Gasteiger partial charge in [-0.25, -0.2) is 13.2 Å². The molecule has 1 aromatic heterocycles. The highest BCUT2D eigenvalue weighted by molar-refractivity contribution is 7.91. The van der Waals surface area contributed by atoms with Gasteiger partial charge >= 0.3 is 5.69 Å². The van der Waals surface area contributed by atoms with E-state index in [1.165, 1.54) is 0 Å². The molecule has 1 aromatic carbocycles. The molecule has 0 unspecified atom stereocenters. The van der Waals surface area contributed by atoms with E-state index >= 15 is 0 Å². The van der Waals surface area contributed by atoms with E-state index in [4.69, 9.17) is 0 Å². The van der Waals surface area contributed by atoms with Gasteiger partial charge in [0.05, 0.1) is 22.5 Å². The lowest BCUT2D eigenvalue weighted by Crippen LogP contribution is -2.42. The van der Waals surface area contributed by atoms with Gasteiger partial charge in [0.15, 0.2) is 9.84 Å². The normalized spacial score (nSPS) is 19.1. The Balaban J connectivity index is 1.77. The minimum Gasteiger partial charge on any atom is -0.339 e. The highest BCUT2D eigenvalue weighted by atomic mass is 32.2. The number of para-hydroxylation sites is 2. The average molecular weight is 379 g/mol. The first kappa shape index (κ1) is 18.7. The zero-order chi connectivity index (χ0) is 18.9. The van der Waals surface area contributed by atoms with Crippen LogP contribution in [0.15, 0.2) is 29.1 Å². The lowest BCUT2D eigenvalue weighted by molar-refractivity contribution is -0.133. The first-order chi connectivity index (χ1) is 12.3. The lowest BCUT2D eigenvalue weighted by Gasteiger charge is -2.28. The van der Waals surface area contributed by atoms with Gasteiger partial charge in [0.25, 0.3) is 0 Å². The van der Waals surface area contributed by atoms with Crippen LogP contribution in [0.3, 0.4) is 0 Å². The van der Waals surface area contributed by atoms with Crippen LogP contribution in [-0.2, 0) is 28.2 Å². The first-order valence-electron chi connectivity index (χ1n) is 8.98. The number of sulfone groups is 1. The molecule has 2 aromatic rings. The third kappa shape index (κ3) is 3.56. The fourth-order valence-corrected chi connectivity index (χ4v) is 5.43. The van der Waals surface area contributed by atoms with E-state index in [2.05, 4.69) is 0 Å². The molecule has 0 N–H and O–H groups in total. The summed E-state index contributed by atoms with van der Waals surface area (Å²) in [5, 5.41) is 0. The molecule has 1 aliphatic heterocycles. The predicted octanol–water partition coefficient (Wildman–Crippen LogP) is 1.16. The summed E-state index contributed by atoms with van der Waals surface area (Å²) < 4.78 is 26.7. The fraction of sp³-hybridized carbons (Fsp3) is 0.556. The number of hydrogen-bond donors (Lipinski definition) is 0. The monoisotopic (exact) mass is 379 g/mol. The second-order valence-electron chi connectivity index (χ2n) is 6.88. The molecule has 0 bridgehead atoms. The molecule has 0 saturated carbocycles. The summed E-state index contributed by atoms with van der Waals surface area (Å²) >= 11 is 0. The fourth-order valence-electron chi connectivity index (χ4n) is 3.70. The number of imidazole rings is 1. The quantitative estimate of drug-likeness (QED) is 0.754. The smallest absolute Gasteiger partial charge is 0.328 e. The Bertz CT molecular complexity index is 974. The molecule has 1 fully saturated rings. The Morgan fingerprint density at radius 3 is 2.58 bits per heavy atom. The summed E-state index contributed by atoms with van der Waals surface area (Å²) in [4.78, 5) is 26.9. The zero-order valence-electron chi connectivity index (χ0n) is 15.2. The Morgan fingerprint density at radius 2 is 1.96 bits per heavy atom. The number of carbonyl (C=O) groups is 1. The summed E-state index contributed by atoms with van der Waals surface area (Å²) in [6, 6.07) is 7.25. The largest absolute Gasteiger partial charge is 0.339 e. The second-order valence-corrected chi connectivity index (χ2v) is 9.10. The van der Waals surface area contributed by atoms with Gasteiger partial charge < -0.3 is 4.90 Å². The molecule has 1 aliphatic rings. The van der Waals surface area contributed by atoms with Crippen LogP contribution in [0, 0.1) is 0 Å². The lowest BCUT2D eigenvalue weighted by atomic mass is 10.2. The summed E-state index contributed by atoms with van der Waals surface area (Å²) in [5.41, 5.74) is 1.49. The summed E-state index contributed by atoms with van der Waals surface area (Å²) in [6.07, 6.45) is 1.46. The SMILES string of the molecule is CCCN(C(=O)CCn1c(=O)n(C)c2ccccc21)[C@H]1CCS(=O)(=O)C1. The van der Waals surface area contributed by atoms with Gasteiger partial charge in [0.2, 0.25) is 5.91 Å². The number of aryl methyl sites for hydroxylation is 2. The second kappa shape index (κ2) is 7.26. The van der Waals surface area contributed by atoms with Crippen LogP contribution in [-0.4, -0.2) is 52.5 Å². The van der Waals surface area contributed by atoms with E-state index in [1.807, 2.05) is 31.2 Å². The van der Waals surface area contributed by atoms with Crippen LogP contribution in [0.4, 0.5) is 0 Å². The number of nitrogens with zero attached hydrogens (tertiary/aromatic N) is 3. The van der Waals surface area contributed by atoms with Crippen molar-refractivity contribution >= 4 is 26.8 Å². The molecular weight excluding hydrogens is 354 g/mol. The number of amides is 1. The van der Waals surface area contributed by atoms with Crippen molar-refractivity contribution in [3.8, 4) is 0 Å². The van der Waals surface area contributed by atoms with Crippen LogP contribution in [0.25, 0.3) is 11.0 Å². The molecule has 1 amide bonds. The van der Waals surface area contributed by atoms with Crippen molar-refractivity contribution in [2.24, 2.45) is 7.05 Å². The van der Waals surface area contributed by atoms with Crippen LogP contribution in [0.1, 0.15) is 26.2 Å². The van der Waals surface area contributed by atoms with Gasteiger partial charge in [0.1, 0.15) is 0 Å². The molecule has 8 heteroatoms. The van der Waals surface area contributed by atoms with Gasteiger partial charge in [-0.3, -0.25) is 13.9 Å². The summed E-state index contributed by atoms with van der Waals surface area (Å²) in [6.45, 7) is 2.81. The average Bonchev–Trinajstić information content (AvgIpc) is 3.09. The van der Waals surface area contributed by atoms with Crippen molar-refractivity contribution in [3.63, 3.8) is 0 Å². The summed E-state index contributed by atoms with van der Waals surface area (Å²) in [5.74, 6) is 0.106. The molecule has 1 saturated heterocycles. The number of hydrogen-bond acceptors (Lipinski definition) is 4. The highest BCUT2D eigenvalue weighted by Gasteiger charge is 2.34. The topological polar surface area (TPSA) is 81.4 Å². The molecule has 26 heavy (non-hydrogen) atoms. The number of aromatic nitrogens is 2. The maximum Gasteiger partial charge on any atom is 0.328 e. The Morgan fingerprint density at radius 1 is 1.27 bits per heavy atom. The molecule has 0 aliphatic carbocycles. The first-order valence-corrected chi connectivity index (χ1v) is 10.8. The molecule has 0 radical (unpaired) electrons. The highest BCUT2D eigenvalue weighted by Crippen LogP contribution is 2.19.